The molecule has 5 heteroatoms. The van der Waals surface area contributed by atoms with Crippen molar-refractivity contribution in [3.05, 3.63) is 58.6 Å². The van der Waals surface area contributed by atoms with Crippen LogP contribution >= 0.6 is 15.9 Å². The van der Waals surface area contributed by atoms with Gasteiger partial charge in [-0.15, -0.1) is 0 Å². The van der Waals surface area contributed by atoms with Gasteiger partial charge in [-0.05, 0) is 50.6 Å². The lowest BCUT2D eigenvalue weighted by molar-refractivity contribution is -0.118. The molecule has 24 heavy (non-hydrogen) atoms. The van der Waals surface area contributed by atoms with Crippen molar-refractivity contribution in [2.75, 3.05) is 11.9 Å². The quantitative estimate of drug-likeness (QED) is 0.730. The molecule has 0 unspecified atom stereocenters. The molecule has 2 atom stereocenters. The summed E-state index contributed by atoms with van der Waals surface area (Å²) in [5.41, 5.74) is 1.82. The average molecular weight is 391 g/mol. The van der Waals surface area contributed by atoms with Crippen molar-refractivity contribution in [1.29, 1.82) is 0 Å². The molecule has 0 saturated heterocycles. The summed E-state index contributed by atoms with van der Waals surface area (Å²) in [6.07, 6.45) is 0. The number of ether oxygens (including phenoxy) is 1. The molecule has 0 heterocycles. The monoisotopic (exact) mass is 390 g/mol. The van der Waals surface area contributed by atoms with Crippen molar-refractivity contribution in [1.82, 2.24) is 5.32 Å². The lowest BCUT2D eigenvalue weighted by atomic mass is 10.1. The van der Waals surface area contributed by atoms with Gasteiger partial charge >= 0.3 is 0 Å². The van der Waals surface area contributed by atoms with Crippen LogP contribution in [0.1, 0.15) is 32.4 Å². The van der Waals surface area contributed by atoms with Gasteiger partial charge in [-0.2, -0.15) is 0 Å². The van der Waals surface area contributed by atoms with E-state index in [1.807, 2.05) is 69.3 Å². The normalized spacial score (nSPS) is 13.2. The molecule has 0 aliphatic carbocycles. The number of halogens is 1. The zero-order valence-corrected chi connectivity index (χ0v) is 15.8. The van der Waals surface area contributed by atoms with Crippen LogP contribution in [-0.2, 0) is 4.79 Å². The van der Waals surface area contributed by atoms with E-state index in [-0.39, 0.29) is 18.0 Å². The van der Waals surface area contributed by atoms with Crippen molar-refractivity contribution in [2.24, 2.45) is 0 Å². The van der Waals surface area contributed by atoms with Gasteiger partial charge in [0.25, 0.3) is 0 Å². The number of carbonyl (C=O) groups excluding carboxylic acids is 1. The molecule has 1 amide bonds. The van der Waals surface area contributed by atoms with Gasteiger partial charge in [-0.1, -0.05) is 40.2 Å². The predicted molar refractivity (Wildman–Crippen MR) is 101 cm³/mol. The third-order valence-electron chi connectivity index (χ3n) is 3.71. The Bertz CT molecular complexity index is 673. The Balaban J connectivity index is 1.98. The Morgan fingerprint density at radius 3 is 2.46 bits per heavy atom. The summed E-state index contributed by atoms with van der Waals surface area (Å²) >= 11 is 3.43. The van der Waals surface area contributed by atoms with Crippen LogP contribution in [-0.4, -0.2) is 18.6 Å². The minimum absolute atomic E-state index is 0.0704. The summed E-state index contributed by atoms with van der Waals surface area (Å²) in [5.74, 6) is 0.590. The fraction of sp³-hybridized carbons (Fsp3) is 0.316. The Labute approximate surface area is 151 Å². The Kier molecular flexibility index (Phi) is 6.82. The maximum atomic E-state index is 12.5. The summed E-state index contributed by atoms with van der Waals surface area (Å²) in [5, 5.41) is 6.25. The first kappa shape index (κ1) is 18.5. The molecular formula is C19H23BrN2O2. The predicted octanol–water partition coefficient (Wildman–Crippen LogP) is 4.53. The van der Waals surface area contributed by atoms with Crippen molar-refractivity contribution >= 4 is 27.5 Å². The van der Waals surface area contributed by atoms with E-state index >= 15 is 0 Å². The molecule has 2 aromatic rings. The van der Waals surface area contributed by atoms with Crippen LogP contribution in [0.5, 0.6) is 5.75 Å². The van der Waals surface area contributed by atoms with Gasteiger partial charge in [0.05, 0.1) is 18.3 Å². The molecule has 0 aliphatic rings. The van der Waals surface area contributed by atoms with Gasteiger partial charge in [0.1, 0.15) is 5.75 Å². The molecule has 0 fully saturated rings. The topological polar surface area (TPSA) is 50.4 Å². The zero-order valence-electron chi connectivity index (χ0n) is 14.2. The fourth-order valence-corrected chi connectivity index (χ4v) is 2.65. The van der Waals surface area contributed by atoms with E-state index < -0.39 is 0 Å². The summed E-state index contributed by atoms with van der Waals surface area (Å²) in [6.45, 7) is 6.37. The first-order chi connectivity index (χ1) is 11.5. The molecule has 0 spiro atoms. The molecule has 0 radical (unpaired) electrons. The first-order valence-corrected chi connectivity index (χ1v) is 8.84. The second kappa shape index (κ2) is 8.85. The molecule has 2 N–H and O–H groups in total. The minimum Gasteiger partial charge on any atom is -0.492 e. The highest BCUT2D eigenvalue weighted by atomic mass is 79.9. The molecule has 0 aliphatic heterocycles. The molecule has 4 nitrogen and oxygen atoms in total. The standard InChI is InChI=1S/C19H23BrN2O2/c1-4-24-18-8-6-5-7-17(18)22-19(23)14(3)21-13(2)15-9-11-16(20)12-10-15/h5-14,21H,4H2,1-3H3,(H,22,23)/t13-,14-/m0/s1. The van der Waals surface area contributed by atoms with E-state index in [1.54, 1.807) is 0 Å². The highest BCUT2D eigenvalue weighted by Gasteiger charge is 2.17. The van der Waals surface area contributed by atoms with E-state index in [2.05, 4.69) is 26.6 Å². The van der Waals surface area contributed by atoms with E-state index in [9.17, 15) is 4.79 Å². The van der Waals surface area contributed by atoms with Crippen LogP contribution in [0.4, 0.5) is 5.69 Å². The van der Waals surface area contributed by atoms with Crippen molar-refractivity contribution in [3.63, 3.8) is 0 Å². The largest absolute Gasteiger partial charge is 0.492 e. The number of nitrogens with one attached hydrogen (secondary N) is 2. The first-order valence-electron chi connectivity index (χ1n) is 8.05. The maximum Gasteiger partial charge on any atom is 0.241 e. The Hall–Kier alpha value is -1.85. The number of amides is 1. The van der Waals surface area contributed by atoms with Crippen LogP contribution in [0.25, 0.3) is 0 Å². The van der Waals surface area contributed by atoms with Crippen molar-refractivity contribution in [3.8, 4) is 5.75 Å². The van der Waals surface area contributed by atoms with Crippen LogP contribution in [0.2, 0.25) is 0 Å². The van der Waals surface area contributed by atoms with E-state index in [1.165, 1.54) is 0 Å². The van der Waals surface area contributed by atoms with Crippen LogP contribution in [0.15, 0.2) is 53.0 Å². The van der Waals surface area contributed by atoms with Crippen LogP contribution in [0, 0.1) is 0 Å². The lowest BCUT2D eigenvalue weighted by Crippen LogP contribution is -2.39. The van der Waals surface area contributed by atoms with Gasteiger partial charge in [-0.25, -0.2) is 0 Å². The lowest BCUT2D eigenvalue weighted by Gasteiger charge is -2.20. The van der Waals surface area contributed by atoms with Crippen LogP contribution < -0.4 is 15.4 Å². The summed E-state index contributed by atoms with van der Waals surface area (Å²) < 4.78 is 6.58. The van der Waals surface area contributed by atoms with E-state index in [0.717, 1.165) is 10.0 Å². The second-order valence-electron chi connectivity index (χ2n) is 5.58. The SMILES string of the molecule is CCOc1ccccc1NC(=O)[C@H](C)N[C@@H](C)c1ccc(Br)cc1. The molecular weight excluding hydrogens is 368 g/mol. The van der Waals surface area contributed by atoms with Crippen LogP contribution in [0.3, 0.4) is 0 Å². The third-order valence-corrected chi connectivity index (χ3v) is 4.24. The van der Waals surface area contributed by atoms with Gasteiger partial charge < -0.3 is 10.1 Å². The summed E-state index contributed by atoms with van der Waals surface area (Å²) in [6, 6.07) is 15.3. The van der Waals surface area contributed by atoms with Crippen molar-refractivity contribution in [2.45, 2.75) is 32.9 Å². The van der Waals surface area contributed by atoms with Gasteiger partial charge in [-0.3, -0.25) is 10.1 Å². The second-order valence-corrected chi connectivity index (χ2v) is 6.50. The Morgan fingerprint density at radius 1 is 1.12 bits per heavy atom. The zero-order chi connectivity index (χ0) is 17.5. The molecule has 0 bridgehead atoms. The number of para-hydroxylation sites is 2. The summed E-state index contributed by atoms with van der Waals surface area (Å²) in [4.78, 5) is 12.5. The molecule has 2 rings (SSSR count). The highest BCUT2D eigenvalue weighted by molar-refractivity contribution is 9.10. The molecule has 128 valence electrons. The maximum absolute atomic E-state index is 12.5. The minimum atomic E-state index is -0.335. The van der Waals surface area contributed by atoms with Gasteiger partial charge in [0.15, 0.2) is 0 Å². The smallest absolute Gasteiger partial charge is 0.241 e. The Morgan fingerprint density at radius 2 is 1.79 bits per heavy atom. The molecule has 0 aromatic heterocycles. The number of hydrogen-bond acceptors (Lipinski definition) is 3. The summed E-state index contributed by atoms with van der Waals surface area (Å²) in [7, 11) is 0. The van der Waals surface area contributed by atoms with E-state index in [4.69, 9.17) is 4.74 Å². The molecule has 0 saturated carbocycles. The van der Waals surface area contributed by atoms with Gasteiger partial charge in [0.2, 0.25) is 5.91 Å². The van der Waals surface area contributed by atoms with E-state index in [0.29, 0.717) is 18.0 Å². The number of rotatable bonds is 7. The fourth-order valence-electron chi connectivity index (χ4n) is 2.39. The number of carbonyl (C=O) groups is 1. The number of benzene rings is 2. The highest BCUT2D eigenvalue weighted by Crippen LogP contribution is 2.24. The number of anilines is 1. The molecule has 2 aromatic carbocycles. The number of hydrogen-bond donors (Lipinski definition) is 2. The third kappa shape index (κ3) is 5.08. The van der Waals surface area contributed by atoms with Gasteiger partial charge in [0, 0.05) is 10.5 Å². The van der Waals surface area contributed by atoms with Crippen molar-refractivity contribution < 1.29 is 9.53 Å². The average Bonchev–Trinajstić information content (AvgIpc) is 2.57.